The molecule has 0 saturated heterocycles. The molecule has 0 radical (unpaired) electrons. The predicted molar refractivity (Wildman–Crippen MR) is 183 cm³/mol. The van der Waals surface area contributed by atoms with Gasteiger partial charge >= 0.3 is 0 Å². The van der Waals surface area contributed by atoms with Gasteiger partial charge in [0.05, 0.1) is 24.1 Å². The zero-order valence-electron chi connectivity index (χ0n) is 26.3. The number of pyridine rings is 1. The van der Waals surface area contributed by atoms with Gasteiger partial charge in [0, 0.05) is 47.5 Å². The lowest BCUT2D eigenvalue weighted by Crippen LogP contribution is -2.21. The molecule has 6 aromatic rings. The van der Waals surface area contributed by atoms with Gasteiger partial charge in [-0.3, -0.25) is 4.40 Å². The van der Waals surface area contributed by atoms with Crippen LogP contribution in [0.3, 0.4) is 0 Å². The van der Waals surface area contributed by atoms with Crippen LogP contribution in [0.25, 0.3) is 38.6 Å². The molecule has 0 bridgehead atoms. The highest BCUT2D eigenvalue weighted by Gasteiger charge is 2.20. The van der Waals surface area contributed by atoms with E-state index in [1.54, 1.807) is 0 Å². The van der Waals surface area contributed by atoms with Gasteiger partial charge in [0.2, 0.25) is 0 Å². The van der Waals surface area contributed by atoms with Gasteiger partial charge in [0.15, 0.2) is 0 Å². The molecule has 1 aliphatic heterocycles. The van der Waals surface area contributed by atoms with Crippen LogP contribution in [0, 0.1) is 11.8 Å². The summed E-state index contributed by atoms with van der Waals surface area (Å²) in [6.07, 6.45) is 8.32. The van der Waals surface area contributed by atoms with Crippen molar-refractivity contribution in [2.24, 2.45) is 11.8 Å². The number of imidazole rings is 1. The van der Waals surface area contributed by atoms with Crippen LogP contribution in [0.1, 0.15) is 38.8 Å². The first-order valence-corrected chi connectivity index (χ1v) is 15.7. The molecule has 5 heteroatoms. The van der Waals surface area contributed by atoms with Gasteiger partial charge < -0.3 is 14.5 Å². The summed E-state index contributed by atoms with van der Waals surface area (Å²) in [6, 6.07) is 30.2. The van der Waals surface area contributed by atoms with Crippen molar-refractivity contribution in [2.45, 2.75) is 40.5 Å². The fourth-order valence-corrected chi connectivity index (χ4v) is 6.63. The van der Waals surface area contributed by atoms with Crippen LogP contribution in [-0.2, 0) is 12.8 Å². The molecule has 0 unspecified atom stereocenters. The third-order valence-electron chi connectivity index (χ3n) is 8.44. The normalized spacial score (nSPS) is 13.4. The van der Waals surface area contributed by atoms with Gasteiger partial charge in [-0.15, -0.1) is 0 Å². The molecule has 0 spiro atoms. The number of para-hydroxylation sites is 1. The lowest BCUT2D eigenvalue weighted by Gasteiger charge is -2.19. The quantitative estimate of drug-likeness (QED) is 0.168. The van der Waals surface area contributed by atoms with Crippen molar-refractivity contribution < 1.29 is 4.74 Å². The minimum absolute atomic E-state index is 0.556. The lowest BCUT2D eigenvalue weighted by atomic mass is 9.89. The van der Waals surface area contributed by atoms with Crippen molar-refractivity contribution in [1.82, 2.24) is 14.3 Å². The molecule has 44 heavy (non-hydrogen) atoms. The third kappa shape index (κ3) is 5.17. The summed E-state index contributed by atoms with van der Waals surface area (Å²) in [4.78, 5) is 9.48. The Bertz CT molecular complexity index is 1990. The van der Waals surface area contributed by atoms with Crippen LogP contribution in [0.2, 0.25) is 0 Å². The van der Waals surface area contributed by atoms with Crippen LogP contribution in [0.5, 0.6) is 11.5 Å². The molecule has 0 fully saturated rings. The van der Waals surface area contributed by atoms with Crippen LogP contribution < -0.4 is 9.64 Å². The number of hydrogen-bond donors (Lipinski definition) is 0. The first-order chi connectivity index (χ1) is 21.4. The van der Waals surface area contributed by atoms with E-state index < -0.39 is 0 Å². The van der Waals surface area contributed by atoms with E-state index in [1.165, 1.54) is 33.0 Å². The average Bonchev–Trinajstić information content (AvgIpc) is 3.64. The second kappa shape index (κ2) is 11.4. The Morgan fingerprint density at radius 1 is 0.727 bits per heavy atom. The van der Waals surface area contributed by atoms with Crippen LogP contribution in [0.15, 0.2) is 104 Å². The first kappa shape index (κ1) is 28.0. The molecular formula is C39H40N4O. The average molecular weight is 581 g/mol. The second-order valence-corrected chi connectivity index (χ2v) is 12.9. The summed E-state index contributed by atoms with van der Waals surface area (Å²) in [5.41, 5.74) is 8.49. The molecule has 0 amide bonds. The number of nitrogens with zero attached hydrogens (tertiary/aromatic N) is 4. The molecule has 0 N–H and O–H groups in total. The smallest absolute Gasteiger partial charge is 0.145 e. The predicted octanol–water partition coefficient (Wildman–Crippen LogP) is 9.68. The zero-order chi connectivity index (χ0) is 30.4. The van der Waals surface area contributed by atoms with E-state index in [9.17, 15) is 0 Å². The van der Waals surface area contributed by atoms with Gasteiger partial charge in [0.25, 0.3) is 0 Å². The largest absolute Gasteiger partial charge is 0.457 e. The summed E-state index contributed by atoms with van der Waals surface area (Å²) in [6.45, 7) is 10.0. The molecule has 4 aromatic carbocycles. The Morgan fingerprint density at radius 2 is 1.45 bits per heavy atom. The van der Waals surface area contributed by atoms with Crippen molar-refractivity contribution in [3.05, 3.63) is 115 Å². The fourth-order valence-electron chi connectivity index (χ4n) is 6.63. The SMILES string of the molecule is CC(C)Cc1cccc(CC(C)C)c1-c1cnc2c3cc(Oc4cccc(N5C=CN(C)C5)c4)ccc3c3ccccc3n12. The molecule has 0 saturated carbocycles. The molecule has 3 heterocycles. The van der Waals surface area contributed by atoms with Gasteiger partial charge in [-0.1, -0.05) is 70.2 Å². The summed E-state index contributed by atoms with van der Waals surface area (Å²) in [7, 11) is 2.07. The number of anilines is 1. The Morgan fingerprint density at radius 3 is 2.18 bits per heavy atom. The maximum absolute atomic E-state index is 6.49. The number of rotatable bonds is 8. The molecule has 7 rings (SSSR count). The van der Waals surface area contributed by atoms with E-state index in [2.05, 4.69) is 140 Å². The van der Waals surface area contributed by atoms with Crippen molar-refractivity contribution in [3.8, 4) is 22.8 Å². The van der Waals surface area contributed by atoms with E-state index >= 15 is 0 Å². The van der Waals surface area contributed by atoms with Gasteiger partial charge in [-0.05, 0) is 77.6 Å². The molecule has 5 nitrogen and oxygen atoms in total. The first-order valence-electron chi connectivity index (χ1n) is 15.7. The molecule has 222 valence electrons. The zero-order valence-corrected chi connectivity index (χ0v) is 26.3. The number of fused-ring (bicyclic) bond motifs is 6. The van der Waals surface area contributed by atoms with E-state index in [-0.39, 0.29) is 0 Å². The highest BCUT2D eigenvalue weighted by Crippen LogP contribution is 2.38. The van der Waals surface area contributed by atoms with Crippen molar-refractivity contribution in [2.75, 3.05) is 18.6 Å². The molecule has 1 aliphatic rings. The minimum atomic E-state index is 0.556. The number of aromatic nitrogens is 2. The number of benzene rings is 4. The molecule has 0 atom stereocenters. The number of hydrogen-bond acceptors (Lipinski definition) is 4. The van der Waals surface area contributed by atoms with E-state index in [0.717, 1.165) is 53.4 Å². The van der Waals surface area contributed by atoms with Crippen molar-refractivity contribution in [3.63, 3.8) is 0 Å². The van der Waals surface area contributed by atoms with Crippen LogP contribution in [0.4, 0.5) is 5.69 Å². The van der Waals surface area contributed by atoms with Gasteiger partial charge in [0.1, 0.15) is 17.1 Å². The molecule has 2 aromatic heterocycles. The van der Waals surface area contributed by atoms with Crippen molar-refractivity contribution >= 4 is 33.0 Å². The van der Waals surface area contributed by atoms with Gasteiger partial charge in [-0.2, -0.15) is 0 Å². The van der Waals surface area contributed by atoms with Crippen molar-refractivity contribution in [1.29, 1.82) is 0 Å². The minimum Gasteiger partial charge on any atom is -0.457 e. The Labute approximate surface area is 260 Å². The van der Waals surface area contributed by atoms with E-state index in [4.69, 9.17) is 9.72 Å². The molecule has 0 aliphatic carbocycles. The summed E-state index contributed by atoms with van der Waals surface area (Å²) >= 11 is 0. The number of ether oxygens (including phenoxy) is 1. The summed E-state index contributed by atoms with van der Waals surface area (Å²) in [5, 5.41) is 3.47. The highest BCUT2D eigenvalue weighted by atomic mass is 16.5. The summed E-state index contributed by atoms with van der Waals surface area (Å²) in [5.74, 6) is 2.72. The Kier molecular flexibility index (Phi) is 7.25. The van der Waals surface area contributed by atoms with E-state index in [0.29, 0.717) is 11.8 Å². The Balaban J connectivity index is 1.39. The maximum Gasteiger partial charge on any atom is 0.145 e. The van der Waals surface area contributed by atoms with Crippen LogP contribution in [-0.4, -0.2) is 28.0 Å². The van der Waals surface area contributed by atoms with Gasteiger partial charge in [-0.25, -0.2) is 4.98 Å². The monoisotopic (exact) mass is 580 g/mol. The maximum atomic E-state index is 6.49. The second-order valence-electron chi connectivity index (χ2n) is 12.9. The molecular weight excluding hydrogens is 540 g/mol. The van der Waals surface area contributed by atoms with Crippen LogP contribution >= 0.6 is 0 Å². The van der Waals surface area contributed by atoms with E-state index in [1.807, 2.05) is 12.1 Å². The topological polar surface area (TPSA) is 33.0 Å². The highest BCUT2D eigenvalue weighted by molar-refractivity contribution is 6.12. The fraction of sp³-hybridized carbons (Fsp3) is 0.256. The lowest BCUT2D eigenvalue weighted by molar-refractivity contribution is 0.481. The third-order valence-corrected chi connectivity index (χ3v) is 8.44. The standard InChI is InChI=1S/C39H40N4O/c1-26(2)20-28-10-8-11-29(21-27(3)4)38(28)37-24-40-39-35-23-32(16-17-33(35)34-14-6-7-15-36(34)43(37)39)44-31-13-9-12-30(22-31)42-19-18-41(5)25-42/h6-19,22-24,26-27H,20-21,25H2,1-5H3. The Hall–Kier alpha value is -4.77. The summed E-state index contributed by atoms with van der Waals surface area (Å²) < 4.78 is 8.87.